The molecule has 0 unspecified atom stereocenters. The molecule has 8 heteroatoms. The maximum atomic E-state index is 5.26. The average Bonchev–Trinajstić information content (AvgIpc) is 3.09. The van der Waals surface area contributed by atoms with Crippen LogP contribution in [0.4, 0.5) is 0 Å². The quantitative estimate of drug-likeness (QED) is 0.718. The Kier molecular flexibility index (Phi) is 2.45. The molecule has 0 aliphatic carbocycles. The molecule has 0 aliphatic rings. The van der Waals surface area contributed by atoms with Gasteiger partial charge in [0.15, 0.2) is 5.69 Å². The maximum absolute atomic E-state index is 5.26. The summed E-state index contributed by atoms with van der Waals surface area (Å²) in [5, 5.41) is 21.5. The zero-order valence-electron chi connectivity index (χ0n) is 9.48. The number of methoxy groups -OCH3 is 1. The monoisotopic (exact) mass is 243 g/mol. The van der Waals surface area contributed by atoms with Gasteiger partial charge in [-0.05, 0) is 17.3 Å². The Morgan fingerprint density at radius 1 is 1.22 bits per heavy atom. The van der Waals surface area contributed by atoms with E-state index in [0.717, 1.165) is 5.69 Å². The Bertz CT molecular complexity index is 646. The van der Waals surface area contributed by atoms with Gasteiger partial charge in [-0.1, -0.05) is 17.3 Å². The number of nitrogens with zero attached hydrogens (tertiary/aromatic N) is 6. The Hall–Kier alpha value is -2.77. The first kappa shape index (κ1) is 10.4. The fourth-order valence-electron chi connectivity index (χ4n) is 1.57. The van der Waals surface area contributed by atoms with Crippen LogP contribution in [-0.4, -0.2) is 42.7 Å². The van der Waals surface area contributed by atoms with Crippen LogP contribution in [0, 0.1) is 0 Å². The number of benzene rings is 1. The van der Waals surface area contributed by atoms with Crippen LogP contribution in [0.1, 0.15) is 0 Å². The third-order valence-corrected chi connectivity index (χ3v) is 2.40. The predicted octanol–water partition coefficient (Wildman–Crippen LogP) is 0.456. The molecule has 1 N–H and O–H groups in total. The predicted molar refractivity (Wildman–Crippen MR) is 61.1 cm³/mol. The van der Waals surface area contributed by atoms with Crippen LogP contribution in [-0.2, 0) is 0 Å². The zero-order valence-corrected chi connectivity index (χ0v) is 9.48. The van der Waals surface area contributed by atoms with Gasteiger partial charge in [-0.25, -0.2) is 4.68 Å². The van der Waals surface area contributed by atoms with Crippen molar-refractivity contribution in [1.82, 2.24) is 35.6 Å². The van der Waals surface area contributed by atoms with Crippen molar-refractivity contribution < 1.29 is 4.74 Å². The third kappa shape index (κ3) is 1.69. The SMILES string of the molecule is COc1ccccc1-n1cc(-c2nn[nH]n2)nn1. The maximum Gasteiger partial charge on any atom is 0.226 e. The molecule has 1 aromatic carbocycles. The molecule has 0 aliphatic heterocycles. The fraction of sp³-hybridized carbons (Fsp3) is 0.100. The van der Waals surface area contributed by atoms with Gasteiger partial charge in [-0.15, -0.1) is 15.3 Å². The summed E-state index contributed by atoms with van der Waals surface area (Å²) in [6.07, 6.45) is 1.71. The topological polar surface area (TPSA) is 94.4 Å². The van der Waals surface area contributed by atoms with Crippen LogP contribution in [0.15, 0.2) is 30.5 Å². The second-order valence-corrected chi connectivity index (χ2v) is 3.46. The first-order chi connectivity index (χ1) is 8.88. The molecule has 18 heavy (non-hydrogen) atoms. The standard InChI is InChI=1S/C10H9N7O/c1-18-9-5-3-2-4-8(9)17-6-7(11-16-17)10-12-14-15-13-10/h2-6H,1H3,(H,12,13,14,15). The van der Waals surface area contributed by atoms with E-state index >= 15 is 0 Å². The molecule has 3 rings (SSSR count). The van der Waals surface area contributed by atoms with Gasteiger partial charge in [-0.2, -0.15) is 5.21 Å². The largest absolute Gasteiger partial charge is 0.494 e. The molecule has 90 valence electrons. The second-order valence-electron chi connectivity index (χ2n) is 3.46. The van der Waals surface area contributed by atoms with E-state index in [4.69, 9.17) is 4.74 Å². The van der Waals surface area contributed by atoms with Crippen molar-refractivity contribution >= 4 is 0 Å². The van der Waals surface area contributed by atoms with Crippen LogP contribution in [0.3, 0.4) is 0 Å². The molecular weight excluding hydrogens is 234 g/mol. The number of tetrazole rings is 1. The van der Waals surface area contributed by atoms with E-state index in [9.17, 15) is 0 Å². The summed E-state index contributed by atoms with van der Waals surface area (Å²) in [6.45, 7) is 0. The van der Waals surface area contributed by atoms with Crippen molar-refractivity contribution in [2.24, 2.45) is 0 Å². The number of hydrogen-bond acceptors (Lipinski definition) is 6. The Morgan fingerprint density at radius 3 is 2.89 bits per heavy atom. The summed E-state index contributed by atoms with van der Waals surface area (Å²) in [5.41, 5.74) is 1.33. The van der Waals surface area contributed by atoms with Gasteiger partial charge < -0.3 is 4.74 Å². The molecule has 8 nitrogen and oxygen atoms in total. The number of aromatic amines is 1. The van der Waals surface area contributed by atoms with Gasteiger partial charge in [0.2, 0.25) is 5.82 Å². The van der Waals surface area contributed by atoms with Gasteiger partial charge in [-0.3, -0.25) is 0 Å². The van der Waals surface area contributed by atoms with Crippen LogP contribution < -0.4 is 4.74 Å². The summed E-state index contributed by atoms with van der Waals surface area (Å²) in [5.74, 6) is 1.11. The van der Waals surface area contributed by atoms with Crippen molar-refractivity contribution in [2.75, 3.05) is 7.11 Å². The molecule has 0 fully saturated rings. The van der Waals surface area contributed by atoms with Crippen LogP contribution in [0.2, 0.25) is 0 Å². The molecule has 0 radical (unpaired) electrons. The van der Waals surface area contributed by atoms with Gasteiger partial charge in [0.05, 0.1) is 13.3 Å². The second kappa shape index (κ2) is 4.24. The third-order valence-electron chi connectivity index (χ3n) is 2.40. The van der Waals surface area contributed by atoms with Gasteiger partial charge in [0, 0.05) is 0 Å². The Morgan fingerprint density at radius 2 is 2.11 bits per heavy atom. The summed E-state index contributed by atoms with van der Waals surface area (Å²) >= 11 is 0. The molecule has 0 atom stereocenters. The van der Waals surface area contributed by atoms with E-state index in [1.165, 1.54) is 0 Å². The first-order valence-electron chi connectivity index (χ1n) is 5.18. The van der Waals surface area contributed by atoms with E-state index < -0.39 is 0 Å². The zero-order chi connectivity index (χ0) is 12.4. The number of H-pyrrole nitrogens is 1. The number of para-hydroxylation sites is 2. The Balaban J connectivity index is 2.03. The molecule has 3 aromatic rings. The highest BCUT2D eigenvalue weighted by molar-refractivity contribution is 5.50. The molecule has 0 saturated carbocycles. The lowest BCUT2D eigenvalue weighted by Gasteiger charge is -2.06. The van der Waals surface area contributed by atoms with Crippen LogP contribution in [0.25, 0.3) is 17.2 Å². The average molecular weight is 243 g/mol. The normalized spacial score (nSPS) is 10.5. The van der Waals surface area contributed by atoms with E-state index in [1.807, 2.05) is 24.3 Å². The van der Waals surface area contributed by atoms with Crippen molar-refractivity contribution in [3.05, 3.63) is 30.5 Å². The molecule has 2 heterocycles. The minimum atomic E-state index is 0.399. The lowest BCUT2D eigenvalue weighted by atomic mass is 10.3. The summed E-state index contributed by atoms with van der Waals surface area (Å²) in [7, 11) is 1.61. The molecule has 0 bridgehead atoms. The van der Waals surface area contributed by atoms with Gasteiger partial charge in [0.1, 0.15) is 11.4 Å². The lowest BCUT2D eigenvalue weighted by Crippen LogP contribution is -1.98. The minimum absolute atomic E-state index is 0.399. The number of rotatable bonds is 3. The van der Waals surface area contributed by atoms with Crippen molar-refractivity contribution in [3.63, 3.8) is 0 Å². The highest BCUT2D eigenvalue weighted by Crippen LogP contribution is 2.22. The summed E-state index contributed by atoms with van der Waals surface area (Å²) < 4.78 is 6.86. The van der Waals surface area contributed by atoms with Crippen LogP contribution >= 0.6 is 0 Å². The Labute approximate surface area is 102 Å². The van der Waals surface area contributed by atoms with Gasteiger partial charge in [0.25, 0.3) is 0 Å². The summed E-state index contributed by atoms with van der Waals surface area (Å²) in [4.78, 5) is 0. The number of hydrogen-bond donors (Lipinski definition) is 1. The molecule has 0 spiro atoms. The molecule has 0 saturated heterocycles. The lowest BCUT2D eigenvalue weighted by molar-refractivity contribution is 0.411. The minimum Gasteiger partial charge on any atom is -0.494 e. The van der Waals surface area contributed by atoms with Crippen molar-refractivity contribution in [2.45, 2.75) is 0 Å². The number of nitrogens with one attached hydrogen (secondary N) is 1. The smallest absolute Gasteiger partial charge is 0.226 e. The molecular formula is C10H9N7O. The number of ether oxygens (including phenoxy) is 1. The van der Waals surface area contributed by atoms with E-state index in [0.29, 0.717) is 17.3 Å². The first-order valence-corrected chi connectivity index (χ1v) is 5.18. The molecule has 0 amide bonds. The van der Waals surface area contributed by atoms with E-state index in [2.05, 4.69) is 30.9 Å². The molecule has 2 aromatic heterocycles. The summed E-state index contributed by atoms with van der Waals surface area (Å²) in [6, 6.07) is 7.52. The van der Waals surface area contributed by atoms with E-state index in [1.54, 1.807) is 18.0 Å². The highest BCUT2D eigenvalue weighted by atomic mass is 16.5. The van der Waals surface area contributed by atoms with E-state index in [-0.39, 0.29) is 0 Å². The van der Waals surface area contributed by atoms with Crippen molar-refractivity contribution in [3.8, 4) is 23.0 Å². The van der Waals surface area contributed by atoms with Gasteiger partial charge >= 0.3 is 0 Å². The highest BCUT2D eigenvalue weighted by Gasteiger charge is 2.11. The fourth-order valence-corrected chi connectivity index (χ4v) is 1.57. The van der Waals surface area contributed by atoms with Crippen molar-refractivity contribution in [1.29, 1.82) is 0 Å². The van der Waals surface area contributed by atoms with Crippen LogP contribution in [0.5, 0.6) is 5.75 Å². The number of aromatic nitrogens is 7.